The molecule has 31 heavy (non-hydrogen) atoms. The van der Waals surface area contributed by atoms with Crippen molar-refractivity contribution in [1.29, 1.82) is 0 Å². The van der Waals surface area contributed by atoms with Crippen LogP contribution in [0.15, 0.2) is 42.1 Å². The van der Waals surface area contributed by atoms with E-state index in [0.29, 0.717) is 33.5 Å². The van der Waals surface area contributed by atoms with Gasteiger partial charge >= 0.3 is 5.97 Å². The SMILES string of the molecule is COC(=O)CN1C(=S)N(c2ccc(Cl)cc2)C(=O)/C1=C/c1cc2c(cc1OC)OCO2. The number of fused-ring (bicyclic) bond motifs is 1. The van der Waals surface area contributed by atoms with Crippen LogP contribution in [0.3, 0.4) is 0 Å². The van der Waals surface area contributed by atoms with Gasteiger partial charge in [-0.3, -0.25) is 14.5 Å². The van der Waals surface area contributed by atoms with Crippen LogP contribution in [0.2, 0.25) is 5.02 Å². The van der Waals surface area contributed by atoms with Gasteiger partial charge in [0.1, 0.15) is 18.0 Å². The lowest BCUT2D eigenvalue weighted by Crippen LogP contribution is -2.35. The van der Waals surface area contributed by atoms with Crippen LogP contribution in [0.4, 0.5) is 5.69 Å². The van der Waals surface area contributed by atoms with E-state index in [0.717, 1.165) is 0 Å². The van der Waals surface area contributed by atoms with Crippen molar-refractivity contribution >= 4 is 52.6 Å². The van der Waals surface area contributed by atoms with Gasteiger partial charge in [-0.2, -0.15) is 0 Å². The first kappa shape index (κ1) is 21.0. The summed E-state index contributed by atoms with van der Waals surface area (Å²) in [7, 11) is 2.78. The highest BCUT2D eigenvalue weighted by Crippen LogP contribution is 2.40. The molecule has 0 aromatic heterocycles. The number of hydrogen-bond donors (Lipinski definition) is 0. The van der Waals surface area contributed by atoms with Gasteiger partial charge < -0.3 is 23.8 Å². The van der Waals surface area contributed by atoms with E-state index in [1.807, 2.05) is 0 Å². The second kappa shape index (κ2) is 8.44. The van der Waals surface area contributed by atoms with E-state index >= 15 is 0 Å². The van der Waals surface area contributed by atoms with E-state index in [9.17, 15) is 9.59 Å². The molecule has 0 atom stereocenters. The molecule has 2 aliphatic rings. The lowest BCUT2D eigenvalue weighted by molar-refractivity contribution is -0.140. The number of nitrogens with zero attached hydrogens (tertiary/aromatic N) is 2. The van der Waals surface area contributed by atoms with E-state index in [4.69, 9.17) is 42.8 Å². The minimum Gasteiger partial charge on any atom is -0.496 e. The zero-order valence-corrected chi connectivity index (χ0v) is 18.2. The van der Waals surface area contributed by atoms with Crippen molar-refractivity contribution in [2.75, 3.05) is 32.5 Å². The molecular weight excluding hydrogens is 444 g/mol. The van der Waals surface area contributed by atoms with Crippen LogP contribution in [-0.2, 0) is 14.3 Å². The van der Waals surface area contributed by atoms with Gasteiger partial charge in [0.2, 0.25) is 6.79 Å². The van der Waals surface area contributed by atoms with Gasteiger partial charge in [-0.15, -0.1) is 0 Å². The molecule has 4 rings (SSSR count). The van der Waals surface area contributed by atoms with E-state index in [1.54, 1.807) is 42.5 Å². The van der Waals surface area contributed by atoms with Crippen LogP contribution in [0.5, 0.6) is 17.2 Å². The molecule has 2 heterocycles. The molecule has 2 aromatic carbocycles. The molecule has 1 saturated heterocycles. The Hall–Kier alpha value is -3.30. The van der Waals surface area contributed by atoms with Crippen LogP contribution >= 0.6 is 23.8 Å². The predicted octanol–water partition coefficient (Wildman–Crippen LogP) is 3.22. The Morgan fingerprint density at radius 1 is 1.19 bits per heavy atom. The lowest BCUT2D eigenvalue weighted by Gasteiger charge is -2.19. The number of carbonyl (C=O) groups is 2. The predicted molar refractivity (Wildman–Crippen MR) is 117 cm³/mol. The molecule has 0 unspecified atom stereocenters. The van der Waals surface area contributed by atoms with E-state index in [2.05, 4.69) is 0 Å². The smallest absolute Gasteiger partial charge is 0.325 e. The van der Waals surface area contributed by atoms with Crippen molar-refractivity contribution in [2.45, 2.75) is 0 Å². The van der Waals surface area contributed by atoms with E-state index < -0.39 is 11.9 Å². The third kappa shape index (κ3) is 3.89. The average molecular weight is 461 g/mol. The minimum absolute atomic E-state index is 0.0976. The summed E-state index contributed by atoms with van der Waals surface area (Å²) >= 11 is 11.5. The molecule has 160 valence electrons. The highest BCUT2D eigenvalue weighted by atomic mass is 35.5. The molecular formula is C21H17ClN2O6S. The largest absolute Gasteiger partial charge is 0.496 e. The monoisotopic (exact) mass is 460 g/mol. The maximum absolute atomic E-state index is 13.4. The molecule has 0 radical (unpaired) electrons. The molecule has 1 amide bonds. The summed E-state index contributed by atoms with van der Waals surface area (Å²) < 4.78 is 21.0. The molecule has 0 spiro atoms. The van der Waals surface area contributed by atoms with Crippen LogP contribution < -0.4 is 19.1 Å². The number of rotatable bonds is 5. The average Bonchev–Trinajstić information content (AvgIpc) is 3.31. The van der Waals surface area contributed by atoms with Crippen molar-refractivity contribution < 1.29 is 28.5 Å². The minimum atomic E-state index is -0.545. The van der Waals surface area contributed by atoms with Crippen LogP contribution in [0, 0.1) is 0 Å². The number of ether oxygens (including phenoxy) is 4. The van der Waals surface area contributed by atoms with Crippen molar-refractivity contribution in [1.82, 2.24) is 4.90 Å². The number of hydrogen-bond acceptors (Lipinski definition) is 7. The Bertz CT molecular complexity index is 1100. The highest BCUT2D eigenvalue weighted by Gasteiger charge is 2.40. The number of benzene rings is 2. The van der Waals surface area contributed by atoms with Crippen molar-refractivity contribution in [3.8, 4) is 17.2 Å². The Morgan fingerprint density at radius 2 is 1.87 bits per heavy atom. The number of halogens is 1. The van der Waals surface area contributed by atoms with Crippen molar-refractivity contribution in [3.05, 3.63) is 52.7 Å². The molecule has 2 aliphatic heterocycles. The molecule has 10 heteroatoms. The summed E-state index contributed by atoms with van der Waals surface area (Å²) in [5, 5.41) is 0.664. The van der Waals surface area contributed by atoms with Gasteiger partial charge in [-0.1, -0.05) is 11.6 Å². The zero-order chi connectivity index (χ0) is 22.1. The number of esters is 1. The topological polar surface area (TPSA) is 77.5 Å². The molecule has 0 saturated carbocycles. The fourth-order valence-corrected chi connectivity index (χ4v) is 3.70. The third-order valence-corrected chi connectivity index (χ3v) is 5.41. The normalized spacial score (nSPS) is 16.3. The summed E-state index contributed by atoms with van der Waals surface area (Å²) in [6, 6.07) is 10.0. The van der Waals surface area contributed by atoms with Gasteiger partial charge in [0.25, 0.3) is 5.91 Å². The second-order valence-electron chi connectivity index (χ2n) is 6.54. The summed E-state index contributed by atoms with van der Waals surface area (Å²) in [5.41, 5.74) is 1.27. The van der Waals surface area contributed by atoms with Gasteiger partial charge in [0, 0.05) is 16.7 Å². The maximum atomic E-state index is 13.4. The molecule has 0 N–H and O–H groups in total. The van der Waals surface area contributed by atoms with Gasteiger partial charge in [-0.05, 0) is 48.6 Å². The van der Waals surface area contributed by atoms with Crippen molar-refractivity contribution in [3.63, 3.8) is 0 Å². The van der Waals surface area contributed by atoms with Gasteiger partial charge in [0.05, 0.1) is 19.9 Å². The molecule has 8 nitrogen and oxygen atoms in total. The number of thiocarbonyl (C=S) groups is 1. The molecule has 0 aliphatic carbocycles. The first-order valence-corrected chi connectivity index (χ1v) is 9.89. The summed E-state index contributed by atoms with van der Waals surface area (Å²) in [6.07, 6.45) is 1.59. The van der Waals surface area contributed by atoms with Crippen LogP contribution in [0.25, 0.3) is 6.08 Å². The Balaban J connectivity index is 1.80. The molecule has 0 bridgehead atoms. The van der Waals surface area contributed by atoms with Gasteiger partial charge in [-0.25, -0.2) is 0 Å². The number of carbonyl (C=O) groups excluding carboxylic acids is 2. The maximum Gasteiger partial charge on any atom is 0.325 e. The lowest BCUT2D eigenvalue weighted by atomic mass is 10.1. The van der Waals surface area contributed by atoms with E-state index in [1.165, 1.54) is 24.0 Å². The summed E-state index contributed by atoms with van der Waals surface area (Å²) in [4.78, 5) is 28.1. The Morgan fingerprint density at radius 3 is 2.52 bits per heavy atom. The van der Waals surface area contributed by atoms with Gasteiger partial charge in [0.15, 0.2) is 16.6 Å². The fraction of sp³-hybridized carbons (Fsp3) is 0.190. The van der Waals surface area contributed by atoms with Crippen molar-refractivity contribution in [2.24, 2.45) is 0 Å². The highest BCUT2D eigenvalue weighted by molar-refractivity contribution is 7.80. The summed E-state index contributed by atoms with van der Waals surface area (Å²) in [5.74, 6) is 0.585. The quantitative estimate of drug-likeness (QED) is 0.382. The second-order valence-corrected chi connectivity index (χ2v) is 7.34. The molecule has 1 fully saturated rings. The fourth-order valence-electron chi connectivity index (χ4n) is 3.22. The summed E-state index contributed by atoms with van der Waals surface area (Å²) in [6.45, 7) is -0.135. The number of anilines is 1. The first-order valence-electron chi connectivity index (χ1n) is 9.10. The van der Waals surface area contributed by atoms with E-state index in [-0.39, 0.29) is 24.1 Å². The standard InChI is InChI=1S/C21H17ClN2O6S/c1-27-16-9-18-17(29-11-30-18)8-12(16)7-15-20(26)24(14-5-3-13(22)4-6-14)21(31)23(15)10-19(25)28-2/h3-9H,10-11H2,1-2H3/b15-7-. The van der Waals surface area contributed by atoms with Crippen LogP contribution in [-0.4, -0.2) is 49.4 Å². The number of methoxy groups -OCH3 is 2. The van der Waals surface area contributed by atoms with Crippen LogP contribution in [0.1, 0.15) is 5.56 Å². The third-order valence-electron chi connectivity index (χ3n) is 4.75. The Kier molecular flexibility index (Phi) is 5.71. The first-order chi connectivity index (χ1) is 14.9. The zero-order valence-electron chi connectivity index (χ0n) is 16.6. The molecule has 2 aromatic rings. The Labute approximate surface area is 188 Å². The number of amides is 1.